The van der Waals surface area contributed by atoms with Crippen molar-refractivity contribution in [3.63, 3.8) is 0 Å². The van der Waals surface area contributed by atoms with Crippen LogP contribution in [0.3, 0.4) is 0 Å². The van der Waals surface area contributed by atoms with Crippen molar-refractivity contribution in [1.82, 2.24) is 15.1 Å². The van der Waals surface area contributed by atoms with E-state index in [1.165, 1.54) is 12.1 Å². The van der Waals surface area contributed by atoms with E-state index in [-0.39, 0.29) is 25.2 Å². The molecule has 1 aromatic carbocycles. The van der Waals surface area contributed by atoms with E-state index in [9.17, 15) is 23.1 Å². The Morgan fingerprint density at radius 2 is 2.00 bits per heavy atom. The lowest BCUT2D eigenvalue weighted by molar-refractivity contribution is -0.137. The van der Waals surface area contributed by atoms with Gasteiger partial charge in [-0.05, 0) is 46.9 Å². The maximum absolute atomic E-state index is 12.9. The summed E-state index contributed by atoms with van der Waals surface area (Å²) in [5, 5.41) is 16.2. The van der Waals surface area contributed by atoms with Crippen molar-refractivity contribution in [2.45, 2.75) is 38.1 Å². The van der Waals surface area contributed by atoms with Crippen LogP contribution in [0.4, 0.5) is 18.0 Å². The van der Waals surface area contributed by atoms with Crippen LogP contribution >= 0.6 is 11.3 Å². The van der Waals surface area contributed by atoms with Crippen LogP contribution in [0, 0.1) is 0 Å². The van der Waals surface area contributed by atoms with Gasteiger partial charge in [-0.25, -0.2) is 4.79 Å². The molecule has 0 atom stereocenters. The molecule has 5 nitrogen and oxygen atoms in total. The van der Waals surface area contributed by atoms with Crippen LogP contribution in [0.25, 0.3) is 0 Å². The van der Waals surface area contributed by atoms with Gasteiger partial charge in [0.25, 0.3) is 0 Å². The number of piperidine rings is 1. The summed E-state index contributed by atoms with van der Waals surface area (Å²) >= 11 is 1.56. The number of nitrogens with zero attached hydrogens (tertiary/aromatic N) is 2. The maximum Gasteiger partial charge on any atom is 0.416 e. The zero-order valence-corrected chi connectivity index (χ0v) is 17.4. The molecule has 0 bridgehead atoms. The van der Waals surface area contributed by atoms with E-state index in [0.717, 1.165) is 24.5 Å². The van der Waals surface area contributed by atoms with E-state index in [2.05, 4.69) is 10.2 Å². The number of halogens is 3. The molecular weight excluding hydrogens is 415 g/mol. The topological polar surface area (TPSA) is 55.8 Å². The average Bonchev–Trinajstić information content (AvgIpc) is 3.22. The van der Waals surface area contributed by atoms with Gasteiger partial charge in [0, 0.05) is 38.8 Å². The summed E-state index contributed by atoms with van der Waals surface area (Å²) < 4.78 is 38.7. The third-order valence-corrected chi connectivity index (χ3v) is 5.92. The number of hydrogen-bond acceptors (Lipinski definition) is 4. The van der Waals surface area contributed by atoms with Crippen molar-refractivity contribution in [1.29, 1.82) is 0 Å². The summed E-state index contributed by atoms with van der Waals surface area (Å²) in [6.45, 7) is 2.46. The van der Waals surface area contributed by atoms with Gasteiger partial charge >= 0.3 is 12.2 Å². The second kappa shape index (κ2) is 10.3. The van der Waals surface area contributed by atoms with Crippen LogP contribution < -0.4 is 5.32 Å². The number of aliphatic hydroxyl groups is 1. The molecule has 2 amide bonds. The normalized spacial score (nSPS) is 15.9. The molecule has 9 heteroatoms. The van der Waals surface area contributed by atoms with Crippen LogP contribution in [0.1, 0.15) is 29.5 Å². The minimum Gasteiger partial charge on any atom is -0.395 e. The third kappa shape index (κ3) is 6.45. The number of alkyl halides is 3. The molecule has 2 aromatic rings. The number of thiophene rings is 1. The van der Waals surface area contributed by atoms with Crippen molar-refractivity contribution in [2.75, 3.05) is 26.2 Å². The van der Waals surface area contributed by atoms with E-state index in [4.69, 9.17) is 0 Å². The molecule has 0 spiro atoms. The fourth-order valence-corrected chi connectivity index (χ4v) is 4.24. The highest BCUT2D eigenvalue weighted by Crippen LogP contribution is 2.30. The molecule has 0 unspecified atom stereocenters. The SMILES string of the molecule is O=C(NC1CCN(Cc2cccc(C(F)(F)F)c2)CC1)N(CCO)Cc1ccsc1. The molecule has 2 heterocycles. The quantitative estimate of drug-likeness (QED) is 0.685. The lowest BCUT2D eigenvalue weighted by Gasteiger charge is -2.33. The second-order valence-corrected chi connectivity index (χ2v) is 8.25. The number of nitrogens with one attached hydrogen (secondary N) is 1. The Morgan fingerprint density at radius 1 is 1.23 bits per heavy atom. The minimum atomic E-state index is -4.34. The number of carbonyl (C=O) groups excluding carboxylic acids is 1. The van der Waals surface area contributed by atoms with Gasteiger partial charge in [-0.15, -0.1) is 0 Å². The lowest BCUT2D eigenvalue weighted by atomic mass is 10.0. The van der Waals surface area contributed by atoms with Gasteiger partial charge in [0.2, 0.25) is 0 Å². The molecular formula is C21H26F3N3O2S. The number of carbonyl (C=O) groups is 1. The number of urea groups is 1. The zero-order valence-electron chi connectivity index (χ0n) is 16.6. The summed E-state index contributed by atoms with van der Waals surface area (Å²) in [7, 11) is 0. The molecule has 3 rings (SSSR count). The zero-order chi connectivity index (χ0) is 21.6. The van der Waals surface area contributed by atoms with Gasteiger partial charge < -0.3 is 15.3 Å². The molecule has 164 valence electrons. The van der Waals surface area contributed by atoms with Crippen LogP contribution in [0.15, 0.2) is 41.1 Å². The van der Waals surface area contributed by atoms with E-state index in [1.807, 2.05) is 16.8 Å². The number of hydrogen-bond donors (Lipinski definition) is 2. The Balaban J connectivity index is 1.48. The first kappa shape index (κ1) is 22.6. The van der Waals surface area contributed by atoms with Crippen LogP contribution in [-0.4, -0.2) is 53.2 Å². The summed E-state index contributed by atoms with van der Waals surface area (Å²) in [6, 6.07) is 7.19. The van der Waals surface area contributed by atoms with Crippen molar-refractivity contribution in [3.8, 4) is 0 Å². The van der Waals surface area contributed by atoms with Gasteiger partial charge in [-0.1, -0.05) is 18.2 Å². The third-order valence-electron chi connectivity index (χ3n) is 5.19. The number of likely N-dealkylation sites (tertiary alicyclic amines) is 1. The Hall–Kier alpha value is -2.10. The van der Waals surface area contributed by atoms with Crippen molar-refractivity contribution < 1.29 is 23.1 Å². The van der Waals surface area contributed by atoms with Crippen LogP contribution in [-0.2, 0) is 19.3 Å². The first-order valence-corrected chi connectivity index (χ1v) is 10.9. The van der Waals surface area contributed by atoms with Gasteiger partial charge in [0.05, 0.1) is 12.2 Å². The van der Waals surface area contributed by atoms with Crippen molar-refractivity contribution in [3.05, 3.63) is 57.8 Å². The summed E-state index contributed by atoms with van der Waals surface area (Å²) in [4.78, 5) is 16.3. The first-order chi connectivity index (χ1) is 14.3. The van der Waals surface area contributed by atoms with E-state index >= 15 is 0 Å². The smallest absolute Gasteiger partial charge is 0.395 e. The number of benzene rings is 1. The van der Waals surface area contributed by atoms with Crippen molar-refractivity contribution >= 4 is 17.4 Å². The lowest BCUT2D eigenvalue weighted by Crippen LogP contribution is -2.49. The fraction of sp³-hybridized carbons (Fsp3) is 0.476. The summed E-state index contributed by atoms with van der Waals surface area (Å²) in [5.74, 6) is 0. The molecule has 0 radical (unpaired) electrons. The minimum absolute atomic E-state index is 0.0129. The maximum atomic E-state index is 12.9. The Bertz CT molecular complexity index is 806. The number of amides is 2. The molecule has 1 saturated heterocycles. The fourth-order valence-electron chi connectivity index (χ4n) is 3.58. The van der Waals surface area contributed by atoms with Crippen LogP contribution in [0.5, 0.6) is 0 Å². The highest BCUT2D eigenvalue weighted by molar-refractivity contribution is 7.07. The van der Waals surface area contributed by atoms with E-state index in [0.29, 0.717) is 31.7 Å². The second-order valence-electron chi connectivity index (χ2n) is 7.47. The summed E-state index contributed by atoms with van der Waals surface area (Å²) in [6.07, 6.45) is -2.87. The van der Waals surface area contributed by atoms with Gasteiger partial charge in [-0.3, -0.25) is 4.90 Å². The van der Waals surface area contributed by atoms with Gasteiger partial charge in [0.1, 0.15) is 0 Å². The number of aliphatic hydroxyl groups excluding tert-OH is 1. The van der Waals surface area contributed by atoms with Crippen molar-refractivity contribution in [2.24, 2.45) is 0 Å². The molecule has 0 aliphatic carbocycles. The molecule has 0 saturated carbocycles. The van der Waals surface area contributed by atoms with E-state index < -0.39 is 11.7 Å². The molecule has 1 aromatic heterocycles. The van der Waals surface area contributed by atoms with Gasteiger partial charge in [-0.2, -0.15) is 24.5 Å². The molecule has 1 fully saturated rings. The molecule has 1 aliphatic heterocycles. The summed E-state index contributed by atoms with van der Waals surface area (Å²) in [5.41, 5.74) is 1.04. The predicted molar refractivity (Wildman–Crippen MR) is 110 cm³/mol. The highest BCUT2D eigenvalue weighted by atomic mass is 32.1. The Kier molecular flexibility index (Phi) is 7.74. The molecule has 2 N–H and O–H groups in total. The van der Waals surface area contributed by atoms with E-state index in [1.54, 1.807) is 22.3 Å². The largest absolute Gasteiger partial charge is 0.416 e. The Labute approximate surface area is 178 Å². The first-order valence-electron chi connectivity index (χ1n) is 9.91. The number of rotatable bonds is 7. The van der Waals surface area contributed by atoms with Gasteiger partial charge in [0.15, 0.2) is 0 Å². The molecule has 1 aliphatic rings. The predicted octanol–water partition coefficient (Wildman–Crippen LogP) is 3.94. The Morgan fingerprint density at radius 3 is 2.63 bits per heavy atom. The highest BCUT2D eigenvalue weighted by Gasteiger charge is 2.30. The standard InChI is InChI=1S/C21H26F3N3O2S/c22-21(23,24)18-3-1-2-16(12-18)13-26-7-4-19(5-8-26)25-20(29)27(9-10-28)14-17-6-11-30-15-17/h1-3,6,11-12,15,19,28H,4-5,7-10,13-14H2,(H,25,29). The van der Waals surface area contributed by atoms with Crippen LogP contribution in [0.2, 0.25) is 0 Å². The molecule has 30 heavy (non-hydrogen) atoms. The average molecular weight is 442 g/mol. The monoisotopic (exact) mass is 441 g/mol.